The summed E-state index contributed by atoms with van der Waals surface area (Å²) in [7, 11) is 0. The molecule has 1 aliphatic rings. The van der Waals surface area contributed by atoms with Crippen LogP contribution in [0.5, 0.6) is 0 Å². The van der Waals surface area contributed by atoms with E-state index in [-0.39, 0.29) is 11.4 Å². The molecule has 1 amide bonds. The monoisotopic (exact) mass is 220 g/mol. The van der Waals surface area contributed by atoms with Gasteiger partial charge in [0.1, 0.15) is 6.73 Å². The Kier molecular flexibility index (Phi) is 2.59. The molecule has 0 aliphatic carbocycles. The van der Waals surface area contributed by atoms with E-state index in [1.165, 1.54) is 0 Å². The molecule has 1 aliphatic heterocycles. The number of ether oxygens (including phenoxy) is 1. The third kappa shape index (κ3) is 1.88. The Morgan fingerprint density at radius 3 is 2.50 bits per heavy atom. The summed E-state index contributed by atoms with van der Waals surface area (Å²) in [5, 5.41) is 0. The Labute approximate surface area is 95.0 Å². The van der Waals surface area contributed by atoms with E-state index in [9.17, 15) is 4.79 Å². The van der Waals surface area contributed by atoms with Crippen LogP contribution in [0.3, 0.4) is 0 Å². The van der Waals surface area contributed by atoms with E-state index in [0.717, 1.165) is 0 Å². The van der Waals surface area contributed by atoms with Gasteiger partial charge in [-0.25, -0.2) is 0 Å². The van der Waals surface area contributed by atoms with E-state index in [1.807, 2.05) is 13.8 Å². The van der Waals surface area contributed by atoms with Gasteiger partial charge in [-0.1, -0.05) is 0 Å². The molecule has 1 aromatic carbocycles. The number of nitrogens with two attached hydrogens (primary N) is 1. The molecule has 1 saturated heterocycles. The molecule has 0 saturated carbocycles. The first-order valence-electron chi connectivity index (χ1n) is 5.26. The van der Waals surface area contributed by atoms with E-state index < -0.39 is 0 Å². The van der Waals surface area contributed by atoms with Crippen molar-refractivity contribution in [2.75, 3.05) is 19.1 Å². The highest BCUT2D eigenvalue weighted by molar-refractivity contribution is 5.95. The Bertz CT molecular complexity index is 398. The molecule has 0 unspecified atom stereocenters. The van der Waals surface area contributed by atoms with Crippen LogP contribution in [0, 0.1) is 0 Å². The van der Waals surface area contributed by atoms with Gasteiger partial charge in [-0.3, -0.25) is 4.79 Å². The van der Waals surface area contributed by atoms with Gasteiger partial charge in [0, 0.05) is 11.3 Å². The van der Waals surface area contributed by atoms with E-state index in [4.69, 9.17) is 10.5 Å². The molecule has 86 valence electrons. The summed E-state index contributed by atoms with van der Waals surface area (Å²) in [6, 6.07) is 6.95. The fourth-order valence-corrected chi connectivity index (χ4v) is 1.75. The fourth-order valence-electron chi connectivity index (χ4n) is 1.75. The van der Waals surface area contributed by atoms with Crippen LogP contribution in [0.4, 0.5) is 5.69 Å². The highest BCUT2D eigenvalue weighted by atomic mass is 16.5. The van der Waals surface area contributed by atoms with E-state index in [0.29, 0.717) is 24.6 Å². The molecule has 0 aromatic heterocycles. The van der Waals surface area contributed by atoms with Gasteiger partial charge in [0.15, 0.2) is 0 Å². The van der Waals surface area contributed by atoms with Crippen LogP contribution in [0.2, 0.25) is 0 Å². The molecule has 1 heterocycles. The van der Waals surface area contributed by atoms with Crippen molar-refractivity contribution in [3.63, 3.8) is 0 Å². The Morgan fingerprint density at radius 1 is 1.38 bits per heavy atom. The normalized spacial score (nSPS) is 18.8. The van der Waals surface area contributed by atoms with Gasteiger partial charge in [0.2, 0.25) is 0 Å². The molecule has 2 rings (SSSR count). The summed E-state index contributed by atoms with van der Waals surface area (Å²) in [4.78, 5) is 13.9. The van der Waals surface area contributed by atoms with Gasteiger partial charge in [-0.15, -0.1) is 0 Å². The molecule has 0 atom stereocenters. The van der Waals surface area contributed by atoms with Crippen molar-refractivity contribution in [1.82, 2.24) is 4.90 Å². The number of carbonyl (C=O) groups excluding carboxylic acids is 1. The second-order valence-electron chi connectivity index (χ2n) is 4.65. The van der Waals surface area contributed by atoms with Crippen LogP contribution in [0.1, 0.15) is 24.2 Å². The van der Waals surface area contributed by atoms with Gasteiger partial charge in [-0.2, -0.15) is 0 Å². The van der Waals surface area contributed by atoms with Gasteiger partial charge in [0.25, 0.3) is 5.91 Å². The lowest BCUT2D eigenvalue weighted by molar-refractivity contribution is 0.0605. The van der Waals surface area contributed by atoms with Gasteiger partial charge >= 0.3 is 0 Å². The molecule has 1 fully saturated rings. The molecule has 0 bridgehead atoms. The Morgan fingerprint density at radius 2 is 2.00 bits per heavy atom. The van der Waals surface area contributed by atoms with Crippen LogP contribution >= 0.6 is 0 Å². The second kappa shape index (κ2) is 3.79. The maximum Gasteiger partial charge on any atom is 0.256 e. The van der Waals surface area contributed by atoms with Crippen LogP contribution < -0.4 is 5.73 Å². The highest BCUT2D eigenvalue weighted by Crippen LogP contribution is 2.23. The number of amides is 1. The maximum absolute atomic E-state index is 12.2. The molecule has 4 heteroatoms. The van der Waals surface area contributed by atoms with Gasteiger partial charge in [-0.05, 0) is 38.1 Å². The molecule has 16 heavy (non-hydrogen) atoms. The number of benzene rings is 1. The van der Waals surface area contributed by atoms with Crippen molar-refractivity contribution in [1.29, 1.82) is 0 Å². The average molecular weight is 220 g/mol. The number of hydrogen-bond acceptors (Lipinski definition) is 3. The Balaban J connectivity index is 2.22. The minimum Gasteiger partial charge on any atom is -0.399 e. The minimum atomic E-state index is -0.238. The Hall–Kier alpha value is -1.55. The quantitative estimate of drug-likeness (QED) is 0.729. The van der Waals surface area contributed by atoms with Gasteiger partial charge in [0.05, 0.1) is 12.1 Å². The largest absolute Gasteiger partial charge is 0.399 e. The minimum absolute atomic E-state index is 0.0116. The summed E-state index contributed by atoms with van der Waals surface area (Å²) in [5.41, 5.74) is 6.65. The van der Waals surface area contributed by atoms with Crippen molar-refractivity contribution in [3.05, 3.63) is 29.8 Å². The number of anilines is 1. The van der Waals surface area contributed by atoms with Crippen LogP contribution in [0.25, 0.3) is 0 Å². The number of nitrogen functional groups attached to an aromatic ring is 1. The van der Waals surface area contributed by atoms with Crippen molar-refractivity contribution in [2.24, 2.45) is 0 Å². The molecular formula is C12H16N2O2. The highest BCUT2D eigenvalue weighted by Gasteiger charge is 2.36. The number of nitrogens with zero attached hydrogens (tertiary/aromatic N) is 1. The SMILES string of the molecule is CC1(C)COCN1C(=O)c1ccc(N)cc1. The van der Waals surface area contributed by atoms with Crippen LogP contribution in [-0.2, 0) is 4.74 Å². The maximum atomic E-state index is 12.2. The standard InChI is InChI=1S/C12H16N2O2/c1-12(2)7-16-8-14(12)11(15)9-3-5-10(13)6-4-9/h3-6H,7-8,13H2,1-2H3. The first-order valence-corrected chi connectivity index (χ1v) is 5.26. The zero-order valence-corrected chi connectivity index (χ0v) is 9.56. The lowest BCUT2D eigenvalue weighted by Gasteiger charge is -2.29. The molecule has 0 spiro atoms. The predicted molar refractivity (Wildman–Crippen MR) is 61.9 cm³/mol. The molecule has 4 nitrogen and oxygen atoms in total. The zero-order chi connectivity index (χ0) is 11.8. The first kappa shape index (κ1) is 11.0. The lowest BCUT2D eigenvalue weighted by atomic mass is 10.0. The molecule has 0 radical (unpaired) electrons. The fraction of sp³-hybridized carbons (Fsp3) is 0.417. The third-order valence-corrected chi connectivity index (χ3v) is 2.81. The average Bonchev–Trinajstić information content (AvgIpc) is 2.58. The summed E-state index contributed by atoms with van der Waals surface area (Å²) < 4.78 is 5.32. The van der Waals surface area contributed by atoms with Crippen molar-refractivity contribution < 1.29 is 9.53 Å². The summed E-state index contributed by atoms with van der Waals surface area (Å²) in [5.74, 6) is -0.0116. The van der Waals surface area contributed by atoms with Crippen molar-refractivity contribution >= 4 is 11.6 Å². The summed E-state index contributed by atoms with van der Waals surface area (Å²) >= 11 is 0. The summed E-state index contributed by atoms with van der Waals surface area (Å²) in [6.45, 7) is 4.92. The second-order valence-corrected chi connectivity index (χ2v) is 4.65. The topological polar surface area (TPSA) is 55.6 Å². The molecule has 1 aromatic rings. The lowest BCUT2D eigenvalue weighted by Crippen LogP contribution is -2.44. The number of carbonyl (C=O) groups is 1. The van der Waals surface area contributed by atoms with Gasteiger partial charge < -0.3 is 15.4 Å². The smallest absolute Gasteiger partial charge is 0.256 e. The number of rotatable bonds is 1. The predicted octanol–water partition coefficient (Wildman–Crippen LogP) is 1.48. The van der Waals surface area contributed by atoms with Crippen molar-refractivity contribution in [3.8, 4) is 0 Å². The molecule has 2 N–H and O–H groups in total. The van der Waals surface area contributed by atoms with Crippen LogP contribution in [0.15, 0.2) is 24.3 Å². The van der Waals surface area contributed by atoms with Crippen LogP contribution in [-0.4, -0.2) is 29.7 Å². The van der Waals surface area contributed by atoms with Crippen molar-refractivity contribution in [2.45, 2.75) is 19.4 Å². The first-order chi connectivity index (χ1) is 7.50. The molecular weight excluding hydrogens is 204 g/mol. The number of hydrogen-bond donors (Lipinski definition) is 1. The van der Waals surface area contributed by atoms with E-state index in [2.05, 4.69) is 0 Å². The summed E-state index contributed by atoms with van der Waals surface area (Å²) in [6.07, 6.45) is 0. The third-order valence-electron chi connectivity index (χ3n) is 2.81. The zero-order valence-electron chi connectivity index (χ0n) is 9.56. The van der Waals surface area contributed by atoms with E-state index in [1.54, 1.807) is 29.2 Å². The van der Waals surface area contributed by atoms with E-state index >= 15 is 0 Å².